The van der Waals surface area contributed by atoms with Gasteiger partial charge in [-0.3, -0.25) is 4.79 Å². The van der Waals surface area contributed by atoms with Gasteiger partial charge in [0, 0.05) is 25.8 Å². The molecule has 1 aliphatic rings. The van der Waals surface area contributed by atoms with Gasteiger partial charge in [0.15, 0.2) is 0 Å². The van der Waals surface area contributed by atoms with Crippen molar-refractivity contribution in [1.82, 2.24) is 14.5 Å². The molecule has 2 heterocycles. The van der Waals surface area contributed by atoms with Gasteiger partial charge in [-0.2, -0.15) is 13.2 Å². The van der Waals surface area contributed by atoms with E-state index >= 15 is 0 Å². The number of carbonyl (C=O) groups excluding carboxylic acids is 1. The Labute approximate surface area is 155 Å². The molecule has 0 N–H and O–H groups in total. The zero-order chi connectivity index (χ0) is 19.6. The molecule has 0 spiro atoms. The Bertz CT molecular complexity index is 791. The van der Waals surface area contributed by atoms with Crippen LogP contribution >= 0.6 is 0 Å². The van der Waals surface area contributed by atoms with Gasteiger partial charge in [-0.25, -0.2) is 4.98 Å². The summed E-state index contributed by atoms with van der Waals surface area (Å²) in [5.41, 5.74) is 0.0146. The van der Waals surface area contributed by atoms with E-state index in [1.165, 1.54) is 6.07 Å². The Morgan fingerprint density at radius 2 is 2.15 bits per heavy atom. The number of hydrogen-bond donors (Lipinski definition) is 0. The number of ether oxygens (including phenoxy) is 1. The van der Waals surface area contributed by atoms with Crippen LogP contribution in [-0.4, -0.2) is 33.5 Å². The van der Waals surface area contributed by atoms with Gasteiger partial charge in [0.25, 0.3) is 5.91 Å². The Morgan fingerprint density at radius 3 is 2.81 bits per heavy atom. The van der Waals surface area contributed by atoms with Crippen molar-refractivity contribution >= 4 is 5.91 Å². The van der Waals surface area contributed by atoms with Gasteiger partial charge in [0.1, 0.15) is 18.1 Å². The summed E-state index contributed by atoms with van der Waals surface area (Å²) in [6.45, 7) is 5.99. The first-order valence-electron chi connectivity index (χ1n) is 8.83. The van der Waals surface area contributed by atoms with Crippen LogP contribution in [-0.2, 0) is 30.6 Å². The van der Waals surface area contributed by atoms with E-state index < -0.39 is 11.7 Å². The molecule has 1 aromatic carbocycles. The molecule has 1 aliphatic heterocycles. The maximum Gasteiger partial charge on any atom is 0.416 e. The number of aromatic nitrogens is 2. The Hall–Kier alpha value is -2.35. The lowest BCUT2D eigenvalue weighted by atomic mass is 10.1. The Morgan fingerprint density at radius 1 is 1.37 bits per heavy atom. The molecular weight excluding hydrogens is 359 g/mol. The van der Waals surface area contributed by atoms with E-state index in [1.807, 2.05) is 18.4 Å². The second-order valence-electron chi connectivity index (χ2n) is 7.07. The van der Waals surface area contributed by atoms with Gasteiger partial charge >= 0.3 is 6.18 Å². The fourth-order valence-corrected chi connectivity index (χ4v) is 3.08. The molecule has 0 bridgehead atoms. The van der Waals surface area contributed by atoms with Crippen LogP contribution in [0, 0.1) is 5.92 Å². The lowest BCUT2D eigenvalue weighted by Gasteiger charge is -2.24. The third kappa shape index (κ3) is 4.68. The van der Waals surface area contributed by atoms with Crippen LogP contribution in [0.5, 0.6) is 0 Å². The summed E-state index contributed by atoms with van der Waals surface area (Å²) >= 11 is 0. The predicted molar refractivity (Wildman–Crippen MR) is 92.9 cm³/mol. The van der Waals surface area contributed by atoms with E-state index in [-0.39, 0.29) is 18.4 Å². The number of amides is 1. The van der Waals surface area contributed by atoms with Crippen LogP contribution in [0.2, 0.25) is 0 Å². The SMILES string of the molecule is CC(C)CN(Cc1cccc(C(F)(F)F)c1)C(=O)c1cn2c(n1)COCC2. The third-order valence-electron chi connectivity index (χ3n) is 4.29. The summed E-state index contributed by atoms with van der Waals surface area (Å²) in [6, 6.07) is 5.08. The van der Waals surface area contributed by atoms with Crippen molar-refractivity contribution in [2.45, 2.75) is 39.7 Å². The normalized spacial score (nSPS) is 14.3. The second-order valence-corrected chi connectivity index (χ2v) is 7.07. The maximum atomic E-state index is 13.0. The summed E-state index contributed by atoms with van der Waals surface area (Å²) in [5, 5.41) is 0. The van der Waals surface area contributed by atoms with Crippen molar-refractivity contribution in [1.29, 1.82) is 0 Å². The van der Waals surface area contributed by atoms with E-state index in [2.05, 4.69) is 4.98 Å². The van der Waals surface area contributed by atoms with Gasteiger partial charge in [-0.15, -0.1) is 0 Å². The molecule has 0 atom stereocenters. The predicted octanol–water partition coefficient (Wildman–Crippen LogP) is 3.73. The number of hydrogen-bond acceptors (Lipinski definition) is 3. The molecule has 27 heavy (non-hydrogen) atoms. The molecule has 5 nitrogen and oxygen atoms in total. The number of rotatable bonds is 5. The van der Waals surface area contributed by atoms with E-state index in [0.29, 0.717) is 43.4 Å². The zero-order valence-corrected chi connectivity index (χ0v) is 15.3. The number of benzene rings is 1. The number of nitrogens with zero attached hydrogens (tertiary/aromatic N) is 3. The fourth-order valence-electron chi connectivity index (χ4n) is 3.08. The largest absolute Gasteiger partial charge is 0.416 e. The van der Waals surface area contributed by atoms with Gasteiger partial charge in [-0.1, -0.05) is 26.0 Å². The summed E-state index contributed by atoms with van der Waals surface area (Å²) in [4.78, 5) is 18.9. The molecule has 0 unspecified atom stereocenters. The van der Waals surface area contributed by atoms with Gasteiger partial charge < -0.3 is 14.2 Å². The number of alkyl halides is 3. The van der Waals surface area contributed by atoms with Crippen LogP contribution in [0.1, 0.15) is 41.3 Å². The number of imidazole rings is 1. The minimum absolute atomic E-state index is 0.0969. The summed E-state index contributed by atoms with van der Waals surface area (Å²) in [6.07, 6.45) is -2.72. The molecule has 1 amide bonds. The molecule has 0 saturated heterocycles. The second kappa shape index (κ2) is 7.72. The molecule has 1 aromatic heterocycles. The highest BCUT2D eigenvalue weighted by molar-refractivity contribution is 5.92. The average molecular weight is 381 g/mol. The number of fused-ring (bicyclic) bond motifs is 1. The molecular formula is C19H22F3N3O2. The highest BCUT2D eigenvalue weighted by atomic mass is 19.4. The molecule has 3 rings (SSSR count). The molecule has 146 valence electrons. The number of halogens is 3. The molecule has 2 aromatic rings. The lowest BCUT2D eigenvalue weighted by Crippen LogP contribution is -2.34. The van der Waals surface area contributed by atoms with Crippen LogP contribution < -0.4 is 0 Å². The van der Waals surface area contributed by atoms with Crippen molar-refractivity contribution in [3.05, 3.63) is 53.1 Å². The Kier molecular flexibility index (Phi) is 5.55. The topological polar surface area (TPSA) is 47.4 Å². The quantitative estimate of drug-likeness (QED) is 0.793. The summed E-state index contributed by atoms with van der Waals surface area (Å²) in [5.74, 6) is 0.566. The van der Waals surface area contributed by atoms with E-state index in [0.717, 1.165) is 12.1 Å². The number of carbonyl (C=O) groups is 1. The van der Waals surface area contributed by atoms with Crippen molar-refractivity contribution in [2.75, 3.05) is 13.2 Å². The third-order valence-corrected chi connectivity index (χ3v) is 4.29. The maximum absolute atomic E-state index is 13.0. The first-order valence-corrected chi connectivity index (χ1v) is 8.83. The first-order chi connectivity index (χ1) is 12.7. The molecule has 0 radical (unpaired) electrons. The zero-order valence-electron chi connectivity index (χ0n) is 15.3. The van der Waals surface area contributed by atoms with Gasteiger partial charge in [0.05, 0.1) is 12.2 Å². The molecule has 8 heteroatoms. The van der Waals surface area contributed by atoms with Gasteiger partial charge in [-0.05, 0) is 23.6 Å². The first kappa shape index (κ1) is 19.4. The van der Waals surface area contributed by atoms with E-state index in [9.17, 15) is 18.0 Å². The molecule has 0 saturated carbocycles. The van der Waals surface area contributed by atoms with Crippen LogP contribution in [0.25, 0.3) is 0 Å². The van der Waals surface area contributed by atoms with E-state index in [1.54, 1.807) is 17.2 Å². The minimum Gasteiger partial charge on any atom is -0.372 e. The van der Waals surface area contributed by atoms with Crippen molar-refractivity contribution in [2.24, 2.45) is 5.92 Å². The minimum atomic E-state index is -4.41. The monoisotopic (exact) mass is 381 g/mol. The smallest absolute Gasteiger partial charge is 0.372 e. The highest BCUT2D eigenvalue weighted by Crippen LogP contribution is 2.30. The van der Waals surface area contributed by atoms with Crippen LogP contribution in [0.3, 0.4) is 0 Å². The van der Waals surface area contributed by atoms with Gasteiger partial charge in [0.2, 0.25) is 0 Å². The highest BCUT2D eigenvalue weighted by Gasteiger charge is 2.31. The Balaban J connectivity index is 1.83. The average Bonchev–Trinajstić information content (AvgIpc) is 3.04. The van der Waals surface area contributed by atoms with Crippen molar-refractivity contribution < 1.29 is 22.7 Å². The fraction of sp³-hybridized carbons (Fsp3) is 0.474. The van der Waals surface area contributed by atoms with Crippen LogP contribution in [0.15, 0.2) is 30.5 Å². The standard InChI is InChI=1S/C19H22F3N3O2/c1-13(2)9-25(10-14-4-3-5-15(8-14)19(20,21)22)18(26)16-11-24-6-7-27-12-17(24)23-16/h3-5,8,11,13H,6-7,9-10,12H2,1-2H3. The lowest BCUT2D eigenvalue weighted by molar-refractivity contribution is -0.137. The van der Waals surface area contributed by atoms with Crippen molar-refractivity contribution in [3.8, 4) is 0 Å². The molecule has 0 fully saturated rings. The van der Waals surface area contributed by atoms with Crippen LogP contribution in [0.4, 0.5) is 13.2 Å². The summed E-state index contributed by atoms with van der Waals surface area (Å²) in [7, 11) is 0. The van der Waals surface area contributed by atoms with E-state index in [4.69, 9.17) is 4.74 Å². The molecule has 0 aliphatic carbocycles. The summed E-state index contributed by atoms with van der Waals surface area (Å²) < 4.78 is 46.1. The van der Waals surface area contributed by atoms with Crippen molar-refractivity contribution in [3.63, 3.8) is 0 Å².